The van der Waals surface area contributed by atoms with Gasteiger partial charge in [-0.1, -0.05) is 36.4 Å². The Labute approximate surface area is 241 Å². The molecule has 214 valence electrons. The van der Waals surface area contributed by atoms with E-state index in [1.807, 2.05) is 50.2 Å². The van der Waals surface area contributed by atoms with Crippen molar-refractivity contribution in [1.82, 2.24) is 9.88 Å². The number of carbonyl (C=O) groups excluding carboxylic acids is 1. The third-order valence-corrected chi connectivity index (χ3v) is 7.56. The first-order valence-electron chi connectivity index (χ1n) is 13.9. The minimum Gasteiger partial charge on any atom is -0.508 e. The van der Waals surface area contributed by atoms with Crippen LogP contribution >= 0.6 is 0 Å². The van der Waals surface area contributed by atoms with Crippen molar-refractivity contribution in [2.24, 2.45) is 5.73 Å². The van der Waals surface area contributed by atoms with Gasteiger partial charge in [-0.05, 0) is 66.9 Å². The summed E-state index contributed by atoms with van der Waals surface area (Å²) in [5.41, 5.74) is 7.57. The molecule has 6 rings (SSSR count). The molecule has 0 saturated carbocycles. The van der Waals surface area contributed by atoms with Gasteiger partial charge >= 0.3 is 0 Å². The highest BCUT2D eigenvalue weighted by atomic mass is 19.1. The third kappa shape index (κ3) is 4.81. The molecule has 1 atom stereocenters. The molecule has 2 heterocycles. The Morgan fingerprint density at radius 1 is 1.12 bits per heavy atom. The van der Waals surface area contributed by atoms with Gasteiger partial charge in [0.25, 0.3) is 5.91 Å². The summed E-state index contributed by atoms with van der Waals surface area (Å²) < 4.78 is 24.1. The number of amides is 1. The molecule has 8 nitrogen and oxygen atoms in total. The van der Waals surface area contributed by atoms with Gasteiger partial charge in [0.05, 0.1) is 11.1 Å². The van der Waals surface area contributed by atoms with Crippen molar-refractivity contribution in [3.8, 4) is 22.9 Å². The number of hydrogen-bond acceptors (Lipinski definition) is 6. The van der Waals surface area contributed by atoms with E-state index >= 15 is 4.39 Å². The minimum absolute atomic E-state index is 0.0492. The summed E-state index contributed by atoms with van der Waals surface area (Å²) in [5.74, 6) is -0.332. The van der Waals surface area contributed by atoms with Gasteiger partial charge < -0.3 is 30.4 Å². The minimum atomic E-state index is -0.627. The molecular weight excluding hydrogens is 535 g/mol. The highest BCUT2D eigenvalue weighted by Gasteiger charge is 2.30. The quantitative estimate of drug-likeness (QED) is 0.233. The molecule has 5 aromatic rings. The van der Waals surface area contributed by atoms with Gasteiger partial charge in [0, 0.05) is 31.9 Å². The van der Waals surface area contributed by atoms with E-state index in [1.165, 1.54) is 12.3 Å². The zero-order valence-electron chi connectivity index (χ0n) is 23.4. The van der Waals surface area contributed by atoms with Crippen molar-refractivity contribution < 1.29 is 19.0 Å². The number of rotatable bonds is 8. The normalized spacial score (nSPS) is 12.6. The van der Waals surface area contributed by atoms with Crippen LogP contribution in [0.4, 0.5) is 10.1 Å². The largest absolute Gasteiger partial charge is 0.508 e. The van der Waals surface area contributed by atoms with Crippen LogP contribution in [0.1, 0.15) is 29.8 Å². The van der Waals surface area contributed by atoms with Crippen LogP contribution in [-0.2, 0) is 6.42 Å². The Morgan fingerprint density at radius 3 is 2.52 bits per heavy atom. The number of carbonyl (C=O) groups is 1. The number of ether oxygens (including phenoxy) is 1. The maximum absolute atomic E-state index is 15.9. The third-order valence-electron chi connectivity index (χ3n) is 7.56. The second kappa shape index (κ2) is 10.8. The maximum Gasteiger partial charge on any atom is 0.256 e. The SMILES string of the molecule is CCN(CC(C)N)c1c(F)cc2c(=O)c(C(=O)NCCc3ccc(O)cc3)cn3c2c1Oc1cc2ccccc2cc1-3. The van der Waals surface area contributed by atoms with Crippen molar-refractivity contribution in [2.45, 2.75) is 26.3 Å². The Balaban J connectivity index is 1.51. The molecule has 0 bridgehead atoms. The molecule has 0 radical (unpaired) electrons. The first kappa shape index (κ1) is 27.3. The average molecular weight is 567 g/mol. The zero-order valence-corrected chi connectivity index (χ0v) is 23.4. The summed E-state index contributed by atoms with van der Waals surface area (Å²) in [5, 5.41) is 14.3. The number of aromatic hydroxyl groups is 1. The van der Waals surface area contributed by atoms with Gasteiger partial charge in [0.2, 0.25) is 5.43 Å². The van der Waals surface area contributed by atoms with Gasteiger partial charge in [-0.2, -0.15) is 0 Å². The standard InChI is InChI=1S/C33H31FN4O4/c1-3-37(17-19(2)35)30-26(34)16-24-29-32(30)42-28-15-22-7-5-4-6-21(22)14-27(28)38(29)18-25(31(24)40)33(41)36-13-12-20-8-10-23(39)11-9-20/h4-11,14-16,18-19,39H,3,12-13,17,35H2,1-2H3,(H,36,41). The number of phenolic OH excluding ortho intramolecular Hbond substituents is 1. The molecule has 0 fully saturated rings. The van der Waals surface area contributed by atoms with Crippen molar-refractivity contribution in [2.75, 3.05) is 24.5 Å². The number of nitrogens with two attached hydrogens (primary N) is 1. The number of pyridine rings is 1. The van der Waals surface area contributed by atoms with E-state index in [0.29, 0.717) is 36.5 Å². The number of anilines is 1. The van der Waals surface area contributed by atoms with Gasteiger partial charge in [-0.25, -0.2) is 4.39 Å². The predicted molar refractivity (Wildman–Crippen MR) is 163 cm³/mol. The van der Waals surface area contributed by atoms with E-state index in [2.05, 4.69) is 5.32 Å². The number of hydrogen-bond donors (Lipinski definition) is 3. The molecule has 0 spiro atoms. The molecule has 1 unspecified atom stereocenters. The molecule has 1 aromatic heterocycles. The van der Waals surface area contributed by atoms with Crippen molar-refractivity contribution >= 4 is 33.3 Å². The summed E-state index contributed by atoms with van der Waals surface area (Å²) in [4.78, 5) is 28.9. The molecule has 1 aliphatic heterocycles. The molecule has 1 amide bonds. The van der Waals surface area contributed by atoms with Crippen LogP contribution in [0.3, 0.4) is 0 Å². The summed E-state index contributed by atoms with van der Waals surface area (Å²) in [7, 11) is 0. The second-order valence-electron chi connectivity index (χ2n) is 10.6. The zero-order chi connectivity index (χ0) is 29.5. The van der Waals surface area contributed by atoms with Crippen LogP contribution in [0.2, 0.25) is 0 Å². The van der Waals surface area contributed by atoms with Crippen LogP contribution in [-0.4, -0.2) is 41.3 Å². The van der Waals surface area contributed by atoms with Crippen LogP contribution in [0, 0.1) is 5.82 Å². The molecule has 4 N–H and O–H groups in total. The van der Waals surface area contributed by atoms with E-state index < -0.39 is 17.2 Å². The fraction of sp³-hybridized carbons (Fsp3) is 0.212. The second-order valence-corrected chi connectivity index (χ2v) is 10.6. The van der Waals surface area contributed by atoms with Crippen molar-refractivity contribution in [1.29, 1.82) is 0 Å². The number of aromatic nitrogens is 1. The summed E-state index contributed by atoms with van der Waals surface area (Å²) in [6.45, 7) is 4.87. The van der Waals surface area contributed by atoms with Crippen LogP contribution in [0.5, 0.6) is 17.2 Å². The molecule has 0 aliphatic carbocycles. The first-order chi connectivity index (χ1) is 20.2. The molecule has 42 heavy (non-hydrogen) atoms. The number of phenols is 1. The summed E-state index contributed by atoms with van der Waals surface area (Å²) in [6, 6.07) is 19.3. The number of nitrogens with one attached hydrogen (secondary N) is 1. The van der Waals surface area contributed by atoms with Crippen LogP contribution in [0.25, 0.3) is 27.4 Å². The highest BCUT2D eigenvalue weighted by Crippen LogP contribution is 2.47. The van der Waals surface area contributed by atoms with Gasteiger partial charge in [0.15, 0.2) is 17.3 Å². The van der Waals surface area contributed by atoms with Gasteiger partial charge in [-0.3, -0.25) is 9.59 Å². The van der Waals surface area contributed by atoms with E-state index in [-0.39, 0.29) is 40.7 Å². The smallest absolute Gasteiger partial charge is 0.256 e. The summed E-state index contributed by atoms with van der Waals surface area (Å²) >= 11 is 0. The van der Waals surface area contributed by atoms with E-state index in [4.69, 9.17) is 10.5 Å². The molecule has 4 aromatic carbocycles. The lowest BCUT2D eigenvalue weighted by molar-refractivity contribution is 0.0952. The highest BCUT2D eigenvalue weighted by molar-refractivity contribution is 6.02. The van der Waals surface area contributed by atoms with E-state index in [0.717, 1.165) is 16.3 Å². The fourth-order valence-corrected chi connectivity index (χ4v) is 5.55. The molecule has 1 aliphatic rings. The Bertz CT molecular complexity index is 1900. The molecule has 0 saturated heterocycles. The maximum atomic E-state index is 15.9. The van der Waals surface area contributed by atoms with E-state index in [9.17, 15) is 14.7 Å². The van der Waals surface area contributed by atoms with Crippen LogP contribution < -0.4 is 26.1 Å². The summed E-state index contributed by atoms with van der Waals surface area (Å²) in [6.07, 6.45) is 2.02. The lowest BCUT2D eigenvalue weighted by Crippen LogP contribution is -2.36. The fourth-order valence-electron chi connectivity index (χ4n) is 5.55. The lowest BCUT2D eigenvalue weighted by Gasteiger charge is -2.31. The van der Waals surface area contributed by atoms with Crippen molar-refractivity contribution in [3.05, 3.63) is 100 Å². The van der Waals surface area contributed by atoms with E-state index in [1.54, 1.807) is 33.7 Å². The van der Waals surface area contributed by atoms with Gasteiger partial charge in [-0.15, -0.1) is 0 Å². The Kier molecular flexibility index (Phi) is 7.04. The van der Waals surface area contributed by atoms with Crippen molar-refractivity contribution in [3.63, 3.8) is 0 Å². The van der Waals surface area contributed by atoms with Gasteiger partial charge in [0.1, 0.15) is 22.5 Å². The number of halogens is 1. The lowest BCUT2D eigenvalue weighted by atomic mass is 10.0. The molecule has 9 heteroatoms. The van der Waals surface area contributed by atoms with Crippen LogP contribution in [0.15, 0.2) is 77.7 Å². The number of benzene rings is 4. The number of fused-ring (bicyclic) bond motifs is 3. The average Bonchev–Trinajstić information content (AvgIpc) is 2.97. The predicted octanol–water partition coefficient (Wildman–Crippen LogP) is 5.24. The number of nitrogens with zero attached hydrogens (tertiary/aromatic N) is 2. The number of likely N-dealkylation sites (N-methyl/N-ethyl adjacent to an activating group) is 1. The Hall–Kier alpha value is -4.89. The molecular formula is C33H31FN4O4. The Morgan fingerprint density at radius 2 is 1.83 bits per heavy atom. The monoisotopic (exact) mass is 566 g/mol. The topological polar surface area (TPSA) is 110 Å². The first-order valence-corrected chi connectivity index (χ1v) is 13.9.